The summed E-state index contributed by atoms with van der Waals surface area (Å²) in [6.45, 7) is 1.23. The zero-order valence-electron chi connectivity index (χ0n) is 12.7. The van der Waals surface area contributed by atoms with Crippen LogP contribution in [0, 0.1) is 5.92 Å². The van der Waals surface area contributed by atoms with Gasteiger partial charge in [0.25, 0.3) is 0 Å². The minimum atomic E-state index is -0.762. The molecule has 0 aromatic carbocycles. The third-order valence-electron chi connectivity index (χ3n) is 4.84. The van der Waals surface area contributed by atoms with Crippen LogP contribution in [0.25, 0.3) is 0 Å². The molecular formula is C15H26N2O4. The molecule has 1 saturated heterocycles. The van der Waals surface area contributed by atoms with E-state index in [0.29, 0.717) is 13.1 Å². The second-order valence-corrected chi connectivity index (χ2v) is 6.34. The average molecular weight is 298 g/mol. The monoisotopic (exact) mass is 298 g/mol. The maximum Gasteiger partial charge on any atom is 0.320 e. The van der Waals surface area contributed by atoms with Crippen LogP contribution in [0.15, 0.2) is 0 Å². The zero-order chi connectivity index (χ0) is 15.4. The molecule has 0 spiro atoms. The van der Waals surface area contributed by atoms with Crippen LogP contribution >= 0.6 is 0 Å². The van der Waals surface area contributed by atoms with E-state index in [1.54, 1.807) is 16.8 Å². The summed E-state index contributed by atoms with van der Waals surface area (Å²) >= 11 is 0. The third kappa shape index (κ3) is 4.09. The van der Waals surface area contributed by atoms with E-state index in [4.69, 9.17) is 5.11 Å². The number of hydrogen-bond donors (Lipinski definition) is 2. The highest BCUT2D eigenvalue weighted by Gasteiger charge is 2.33. The highest BCUT2D eigenvalue weighted by Crippen LogP contribution is 2.25. The summed E-state index contributed by atoms with van der Waals surface area (Å²) in [5, 5.41) is 18.9. The van der Waals surface area contributed by atoms with Gasteiger partial charge in [0.05, 0.1) is 12.1 Å². The zero-order valence-corrected chi connectivity index (χ0v) is 12.7. The second-order valence-electron chi connectivity index (χ2n) is 6.34. The quantitative estimate of drug-likeness (QED) is 0.828. The number of carboxylic acid groups (broad SMARTS) is 1. The molecule has 1 saturated carbocycles. The van der Waals surface area contributed by atoms with E-state index in [1.807, 2.05) is 0 Å². The number of aliphatic carboxylic acids is 1. The van der Waals surface area contributed by atoms with Crippen molar-refractivity contribution in [3.8, 4) is 0 Å². The lowest BCUT2D eigenvalue weighted by atomic mass is 9.91. The molecule has 2 N–H and O–H groups in total. The predicted octanol–water partition coefficient (Wildman–Crippen LogP) is 1.53. The first kappa shape index (κ1) is 16.1. The summed E-state index contributed by atoms with van der Waals surface area (Å²) in [4.78, 5) is 26.7. The lowest BCUT2D eigenvalue weighted by molar-refractivity contribution is -0.138. The van der Waals surface area contributed by atoms with Crippen LogP contribution in [0.2, 0.25) is 0 Å². The van der Waals surface area contributed by atoms with Crippen LogP contribution in [-0.4, -0.2) is 64.3 Å². The van der Waals surface area contributed by atoms with Crippen molar-refractivity contribution >= 4 is 12.0 Å². The van der Waals surface area contributed by atoms with Crippen molar-refractivity contribution in [1.82, 2.24) is 9.80 Å². The SMILES string of the molecule is CN(C(=O)N1CCC(CC(=O)O)CC1)C1CCCCC1O. The van der Waals surface area contributed by atoms with Gasteiger partial charge in [0.1, 0.15) is 0 Å². The molecule has 2 rings (SSSR count). The Morgan fingerprint density at radius 1 is 1.14 bits per heavy atom. The van der Waals surface area contributed by atoms with Gasteiger partial charge in [-0.2, -0.15) is 0 Å². The molecule has 2 aliphatic rings. The van der Waals surface area contributed by atoms with Gasteiger partial charge in [-0.25, -0.2) is 4.79 Å². The first-order valence-corrected chi connectivity index (χ1v) is 7.90. The number of aliphatic hydroxyl groups excluding tert-OH is 1. The van der Waals surface area contributed by atoms with E-state index in [1.165, 1.54) is 0 Å². The molecule has 0 aromatic heterocycles. The molecule has 0 bridgehead atoms. The van der Waals surface area contributed by atoms with Crippen molar-refractivity contribution in [2.24, 2.45) is 5.92 Å². The number of nitrogens with zero attached hydrogens (tertiary/aromatic N) is 2. The Balaban J connectivity index is 1.84. The smallest absolute Gasteiger partial charge is 0.320 e. The van der Waals surface area contributed by atoms with Gasteiger partial charge in [-0.15, -0.1) is 0 Å². The van der Waals surface area contributed by atoms with E-state index >= 15 is 0 Å². The van der Waals surface area contributed by atoms with Gasteiger partial charge < -0.3 is 20.0 Å². The molecule has 1 heterocycles. The normalized spacial score (nSPS) is 27.4. The molecule has 0 aromatic rings. The van der Waals surface area contributed by atoms with Gasteiger partial charge in [0.2, 0.25) is 0 Å². The number of aliphatic hydroxyl groups is 1. The van der Waals surface area contributed by atoms with Gasteiger partial charge in [0.15, 0.2) is 0 Å². The first-order valence-electron chi connectivity index (χ1n) is 7.90. The average Bonchev–Trinajstić information content (AvgIpc) is 2.46. The van der Waals surface area contributed by atoms with E-state index in [-0.39, 0.29) is 24.4 Å². The lowest BCUT2D eigenvalue weighted by Gasteiger charge is -2.40. The van der Waals surface area contributed by atoms with Crippen molar-refractivity contribution in [2.75, 3.05) is 20.1 Å². The molecule has 6 heteroatoms. The number of hydrogen-bond acceptors (Lipinski definition) is 3. The number of rotatable bonds is 3. The van der Waals surface area contributed by atoms with Gasteiger partial charge >= 0.3 is 12.0 Å². The number of carbonyl (C=O) groups is 2. The molecule has 2 amide bonds. The molecule has 0 radical (unpaired) electrons. The van der Waals surface area contributed by atoms with Crippen molar-refractivity contribution in [3.05, 3.63) is 0 Å². The van der Waals surface area contributed by atoms with Crippen LogP contribution in [0.3, 0.4) is 0 Å². The Labute approximate surface area is 125 Å². The maximum atomic E-state index is 12.5. The fraction of sp³-hybridized carbons (Fsp3) is 0.867. The first-order chi connectivity index (χ1) is 9.99. The predicted molar refractivity (Wildman–Crippen MR) is 78.0 cm³/mol. The number of likely N-dealkylation sites (N-methyl/N-ethyl adjacent to an activating group) is 1. The molecule has 2 unspecified atom stereocenters. The molecule has 1 aliphatic heterocycles. The van der Waals surface area contributed by atoms with Gasteiger partial charge in [0, 0.05) is 26.6 Å². The standard InChI is InChI=1S/C15H26N2O4/c1-16(12-4-2-3-5-13(12)18)15(21)17-8-6-11(7-9-17)10-14(19)20/h11-13,18H,2-10H2,1H3,(H,19,20). The van der Waals surface area contributed by atoms with Gasteiger partial charge in [-0.1, -0.05) is 12.8 Å². The number of amides is 2. The topological polar surface area (TPSA) is 81.1 Å². The maximum absolute atomic E-state index is 12.5. The highest BCUT2D eigenvalue weighted by atomic mass is 16.4. The minimum absolute atomic E-state index is 0.0327. The van der Waals surface area contributed by atoms with E-state index in [2.05, 4.69) is 0 Å². The second kappa shape index (κ2) is 7.11. The largest absolute Gasteiger partial charge is 0.481 e. The van der Waals surface area contributed by atoms with Crippen LogP contribution < -0.4 is 0 Å². The fourth-order valence-corrected chi connectivity index (χ4v) is 3.48. The molecule has 2 fully saturated rings. The fourth-order valence-electron chi connectivity index (χ4n) is 3.48. The third-order valence-corrected chi connectivity index (χ3v) is 4.84. The number of carbonyl (C=O) groups excluding carboxylic acids is 1. The number of likely N-dealkylation sites (tertiary alicyclic amines) is 1. The number of urea groups is 1. The Kier molecular flexibility index (Phi) is 5.45. The highest BCUT2D eigenvalue weighted by molar-refractivity contribution is 5.74. The Bertz CT molecular complexity index is 380. The Hall–Kier alpha value is -1.30. The van der Waals surface area contributed by atoms with Crippen molar-refractivity contribution in [2.45, 2.75) is 57.1 Å². The van der Waals surface area contributed by atoms with Crippen molar-refractivity contribution in [3.63, 3.8) is 0 Å². The molecular weight excluding hydrogens is 272 g/mol. The Morgan fingerprint density at radius 2 is 1.76 bits per heavy atom. The number of carboxylic acids is 1. The Morgan fingerprint density at radius 3 is 2.33 bits per heavy atom. The van der Waals surface area contributed by atoms with Crippen LogP contribution in [0.5, 0.6) is 0 Å². The van der Waals surface area contributed by atoms with E-state index in [0.717, 1.165) is 38.5 Å². The molecule has 1 aliphatic carbocycles. The van der Waals surface area contributed by atoms with Gasteiger partial charge in [-0.3, -0.25) is 4.79 Å². The summed E-state index contributed by atoms with van der Waals surface area (Å²) in [5.41, 5.74) is 0. The molecule has 21 heavy (non-hydrogen) atoms. The van der Waals surface area contributed by atoms with E-state index < -0.39 is 12.1 Å². The number of piperidine rings is 1. The van der Waals surface area contributed by atoms with Crippen LogP contribution in [-0.2, 0) is 4.79 Å². The lowest BCUT2D eigenvalue weighted by Crippen LogP contribution is -2.52. The minimum Gasteiger partial charge on any atom is -0.481 e. The van der Waals surface area contributed by atoms with Crippen molar-refractivity contribution < 1.29 is 19.8 Å². The van der Waals surface area contributed by atoms with Gasteiger partial charge in [-0.05, 0) is 31.6 Å². The van der Waals surface area contributed by atoms with Crippen LogP contribution in [0.4, 0.5) is 4.79 Å². The van der Waals surface area contributed by atoms with Crippen LogP contribution in [0.1, 0.15) is 44.9 Å². The summed E-state index contributed by atoms with van der Waals surface area (Å²) in [6.07, 6.45) is 4.98. The summed E-state index contributed by atoms with van der Waals surface area (Å²) in [6, 6.07) is -0.113. The molecule has 6 nitrogen and oxygen atoms in total. The summed E-state index contributed by atoms with van der Waals surface area (Å²) in [7, 11) is 1.77. The van der Waals surface area contributed by atoms with E-state index in [9.17, 15) is 14.7 Å². The summed E-state index contributed by atoms with van der Waals surface area (Å²) < 4.78 is 0. The molecule has 120 valence electrons. The molecule has 2 atom stereocenters. The van der Waals surface area contributed by atoms with Crippen molar-refractivity contribution in [1.29, 1.82) is 0 Å². The summed E-state index contributed by atoms with van der Waals surface area (Å²) in [5.74, 6) is -0.584.